The molecule has 0 heterocycles. The smallest absolute Gasteiger partial charge is 0.243 e. The Hall–Kier alpha value is -2.30. The molecule has 0 radical (unpaired) electrons. The summed E-state index contributed by atoms with van der Waals surface area (Å²) >= 11 is 0. The molecule has 1 rings (SSSR count). The molecule has 2 amide bonds. The van der Waals surface area contributed by atoms with Crippen molar-refractivity contribution < 1.29 is 14.7 Å². The summed E-state index contributed by atoms with van der Waals surface area (Å²) in [4.78, 5) is 22.5. The molecule has 5 nitrogen and oxygen atoms in total. The van der Waals surface area contributed by atoms with Crippen LogP contribution in [0, 0.1) is 5.41 Å². The van der Waals surface area contributed by atoms with Gasteiger partial charge < -0.3 is 15.7 Å². The monoisotopic (exact) mass is 318 g/mol. The molecule has 0 unspecified atom stereocenters. The molecule has 0 atom stereocenters. The largest absolute Gasteiger partial charge is 0.507 e. The first-order chi connectivity index (χ1) is 10.6. The van der Waals surface area contributed by atoms with E-state index < -0.39 is 0 Å². The van der Waals surface area contributed by atoms with E-state index in [9.17, 15) is 14.7 Å². The molecule has 0 fully saturated rings. The average molecular weight is 318 g/mol. The van der Waals surface area contributed by atoms with Crippen LogP contribution in [0.2, 0.25) is 0 Å². The molecule has 0 aliphatic rings. The summed E-state index contributed by atoms with van der Waals surface area (Å²) in [5.74, 6) is -0.359. The van der Waals surface area contributed by atoms with Crippen molar-refractivity contribution in [1.29, 1.82) is 0 Å². The number of hydrogen-bond donors (Lipinski definition) is 3. The zero-order chi connectivity index (χ0) is 17.6. The summed E-state index contributed by atoms with van der Waals surface area (Å²) in [6.45, 7) is 11.7. The highest BCUT2D eigenvalue weighted by Gasteiger charge is 2.16. The number of carbonyl (C=O) groups excluding carboxylic acids is 2. The second-order valence-electron chi connectivity index (χ2n) is 6.83. The molecule has 3 N–H and O–H groups in total. The van der Waals surface area contributed by atoms with Gasteiger partial charge in [0, 0.05) is 31.1 Å². The number of aromatic hydroxyl groups is 1. The van der Waals surface area contributed by atoms with Gasteiger partial charge in [-0.05, 0) is 23.5 Å². The zero-order valence-corrected chi connectivity index (χ0v) is 14.3. The third-order valence-corrected chi connectivity index (χ3v) is 3.23. The van der Waals surface area contributed by atoms with Crippen LogP contribution in [0.15, 0.2) is 24.8 Å². The van der Waals surface area contributed by atoms with Crippen LogP contribution in [0.3, 0.4) is 0 Å². The minimum atomic E-state index is -0.297. The highest BCUT2D eigenvalue weighted by Crippen LogP contribution is 2.28. The van der Waals surface area contributed by atoms with Gasteiger partial charge in [-0.1, -0.05) is 39.5 Å². The highest BCUT2D eigenvalue weighted by atomic mass is 16.3. The van der Waals surface area contributed by atoms with Crippen LogP contribution in [0.1, 0.15) is 44.4 Å². The minimum absolute atomic E-state index is 0.0872. The lowest BCUT2D eigenvalue weighted by atomic mass is 9.86. The predicted octanol–water partition coefficient (Wildman–Crippen LogP) is 2.42. The van der Waals surface area contributed by atoms with Gasteiger partial charge in [0.05, 0.1) is 0 Å². The molecule has 0 saturated heterocycles. The summed E-state index contributed by atoms with van der Waals surface area (Å²) in [6, 6.07) is 3.79. The lowest BCUT2D eigenvalue weighted by Gasteiger charge is -2.20. The van der Waals surface area contributed by atoms with Crippen LogP contribution in [-0.2, 0) is 29.1 Å². The summed E-state index contributed by atoms with van der Waals surface area (Å²) in [5, 5.41) is 15.7. The number of nitrogens with one attached hydrogen (secondary N) is 2. The van der Waals surface area contributed by atoms with E-state index in [1.165, 1.54) is 13.0 Å². The third kappa shape index (κ3) is 6.55. The van der Waals surface area contributed by atoms with E-state index in [-0.39, 0.29) is 36.1 Å². The van der Waals surface area contributed by atoms with Crippen LogP contribution in [0.4, 0.5) is 0 Å². The maximum Gasteiger partial charge on any atom is 0.243 e. The summed E-state index contributed by atoms with van der Waals surface area (Å²) in [5.41, 5.74) is 2.41. The van der Waals surface area contributed by atoms with Gasteiger partial charge in [0.15, 0.2) is 0 Å². The van der Waals surface area contributed by atoms with Gasteiger partial charge in [-0.25, -0.2) is 0 Å². The maximum atomic E-state index is 11.3. The second-order valence-corrected chi connectivity index (χ2v) is 6.83. The van der Waals surface area contributed by atoms with Crippen molar-refractivity contribution >= 4 is 11.8 Å². The van der Waals surface area contributed by atoms with Gasteiger partial charge >= 0.3 is 0 Å². The number of hydrogen-bond acceptors (Lipinski definition) is 3. The fraction of sp³-hybridized carbons (Fsp3) is 0.444. The van der Waals surface area contributed by atoms with Gasteiger partial charge in [-0.2, -0.15) is 0 Å². The molecule has 0 saturated carbocycles. The van der Waals surface area contributed by atoms with Crippen LogP contribution in [0.5, 0.6) is 5.75 Å². The summed E-state index contributed by atoms with van der Waals surface area (Å²) in [7, 11) is 0. The predicted molar refractivity (Wildman–Crippen MR) is 90.8 cm³/mol. The van der Waals surface area contributed by atoms with Crippen molar-refractivity contribution in [3.63, 3.8) is 0 Å². The first kappa shape index (κ1) is 18.7. The normalized spacial score (nSPS) is 11.0. The first-order valence-electron chi connectivity index (χ1n) is 7.60. The van der Waals surface area contributed by atoms with E-state index in [0.29, 0.717) is 11.1 Å². The van der Waals surface area contributed by atoms with Crippen molar-refractivity contribution in [3.8, 4) is 5.75 Å². The van der Waals surface area contributed by atoms with Crippen molar-refractivity contribution in [3.05, 3.63) is 41.5 Å². The number of phenolic OH excluding ortho intramolecular Hbond substituents is 1. The molecule has 0 aliphatic heterocycles. The van der Waals surface area contributed by atoms with Crippen LogP contribution < -0.4 is 10.6 Å². The van der Waals surface area contributed by atoms with Gasteiger partial charge in [-0.15, -0.1) is 0 Å². The highest BCUT2D eigenvalue weighted by molar-refractivity contribution is 5.86. The molecule has 0 aromatic heterocycles. The molecule has 1 aromatic rings. The fourth-order valence-corrected chi connectivity index (χ4v) is 2.29. The molecule has 23 heavy (non-hydrogen) atoms. The molecule has 0 bridgehead atoms. The van der Waals surface area contributed by atoms with E-state index in [0.717, 1.165) is 12.0 Å². The fourth-order valence-electron chi connectivity index (χ4n) is 2.29. The Morgan fingerprint density at radius 3 is 2.13 bits per heavy atom. The van der Waals surface area contributed by atoms with Crippen molar-refractivity contribution in [1.82, 2.24) is 10.6 Å². The summed E-state index contributed by atoms with van der Waals surface area (Å²) < 4.78 is 0. The number of amides is 2. The molecule has 126 valence electrons. The van der Waals surface area contributed by atoms with Gasteiger partial charge in [0.25, 0.3) is 0 Å². The average Bonchev–Trinajstić information content (AvgIpc) is 2.43. The molecule has 0 aliphatic carbocycles. The van der Waals surface area contributed by atoms with Crippen LogP contribution in [-0.4, -0.2) is 16.9 Å². The third-order valence-electron chi connectivity index (χ3n) is 3.23. The number of phenols is 1. The second kappa shape index (κ2) is 7.81. The van der Waals surface area contributed by atoms with Gasteiger partial charge in [-0.3, -0.25) is 9.59 Å². The Morgan fingerprint density at radius 2 is 1.70 bits per heavy atom. The standard InChI is InChI=1S/C18H26N2O3/c1-6-16(22)20-11-15-8-13(9-18(3,4)5)7-14(17(15)23)10-19-12(2)21/h6-8,23H,1,9-11H2,2-5H3,(H,19,21)(H,20,22). The Bertz CT molecular complexity index is 601. The lowest BCUT2D eigenvalue weighted by Crippen LogP contribution is -2.22. The SMILES string of the molecule is C=CC(=O)NCc1cc(CC(C)(C)C)cc(CNC(C)=O)c1O. The van der Waals surface area contributed by atoms with Crippen LogP contribution in [0.25, 0.3) is 0 Å². The maximum absolute atomic E-state index is 11.3. The molecule has 1 aromatic carbocycles. The number of carbonyl (C=O) groups is 2. The van der Waals surface area contributed by atoms with E-state index in [4.69, 9.17) is 0 Å². The number of rotatable bonds is 6. The first-order valence-corrected chi connectivity index (χ1v) is 7.60. The van der Waals surface area contributed by atoms with E-state index in [2.05, 4.69) is 38.0 Å². The van der Waals surface area contributed by atoms with E-state index in [1.54, 1.807) is 0 Å². The van der Waals surface area contributed by atoms with Crippen LogP contribution >= 0.6 is 0 Å². The molecule has 5 heteroatoms. The zero-order valence-electron chi connectivity index (χ0n) is 14.3. The topological polar surface area (TPSA) is 78.4 Å². The van der Waals surface area contributed by atoms with Crippen molar-refractivity contribution in [2.75, 3.05) is 0 Å². The van der Waals surface area contributed by atoms with Gasteiger partial charge in [0.2, 0.25) is 11.8 Å². The Labute approximate surface area is 137 Å². The van der Waals surface area contributed by atoms with Crippen molar-refractivity contribution in [2.45, 2.75) is 47.2 Å². The van der Waals surface area contributed by atoms with Gasteiger partial charge in [0.1, 0.15) is 5.75 Å². The van der Waals surface area contributed by atoms with E-state index >= 15 is 0 Å². The van der Waals surface area contributed by atoms with E-state index in [1.807, 2.05) is 12.1 Å². The lowest BCUT2D eigenvalue weighted by molar-refractivity contribution is -0.119. The molecular formula is C18H26N2O3. The Morgan fingerprint density at radius 1 is 1.17 bits per heavy atom. The van der Waals surface area contributed by atoms with Crippen molar-refractivity contribution in [2.24, 2.45) is 5.41 Å². The molecule has 0 spiro atoms. The Balaban J connectivity index is 3.11. The Kier molecular flexibility index (Phi) is 6.37. The quantitative estimate of drug-likeness (QED) is 0.705. The number of benzene rings is 1. The summed E-state index contributed by atoms with van der Waals surface area (Å²) in [6.07, 6.45) is 2.01. The minimum Gasteiger partial charge on any atom is -0.507 e. The molecular weight excluding hydrogens is 292 g/mol.